The second-order valence-electron chi connectivity index (χ2n) is 6.86. The van der Waals surface area contributed by atoms with Gasteiger partial charge in [0.05, 0.1) is 11.2 Å². The van der Waals surface area contributed by atoms with Crippen LogP contribution in [0.4, 0.5) is 0 Å². The lowest BCUT2D eigenvalue weighted by Crippen LogP contribution is -2.41. The molecule has 1 aliphatic carbocycles. The van der Waals surface area contributed by atoms with Gasteiger partial charge in [-0.15, -0.1) is 0 Å². The first-order valence-electron chi connectivity index (χ1n) is 7.31. The number of nitrogens with zero attached hydrogens (tertiary/aromatic N) is 1. The van der Waals surface area contributed by atoms with Crippen LogP contribution >= 0.6 is 11.6 Å². The van der Waals surface area contributed by atoms with E-state index in [2.05, 4.69) is 38.7 Å². The second-order valence-corrected chi connectivity index (χ2v) is 7.22. The molecule has 5 heteroatoms. The van der Waals surface area contributed by atoms with E-state index in [1.165, 1.54) is 19.3 Å². The monoisotopic (exact) mass is 293 g/mol. The fourth-order valence-corrected chi connectivity index (χ4v) is 2.85. The van der Waals surface area contributed by atoms with Crippen molar-refractivity contribution in [1.29, 1.82) is 0 Å². The van der Waals surface area contributed by atoms with Gasteiger partial charge in [0.1, 0.15) is 5.15 Å². The Balaban J connectivity index is 1.88. The van der Waals surface area contributed by atoms with Crippen LogP contribution in [0.25, 0.3) is 0 Å². The van der Waals surface area contributed by atoms with E-state index < -0.39 is 0 Å². The maximum Gasteiger partial charge on any atom is 0.496 e. The van der Waals surface area contributed by atoms with Crippen molar-refractivity contribution in [3.8, 4) is 0 Å². The van der Waals surface area contributed by atoms with Crippen LogP contribution < -0.4 is 5.46 Å². The van der Waals surface area contributed by atoms with E-state index in [1.807, 2.05) is 0 Å². The van der Waals surface area contributed by atoms with Gasteiger partial charge < -0.3 is 9.31 Å². The van der Waals surface area contributed by atoms with E-state index in [4.69, 9.17) is 20.9 Å². The molecule has 0 N–H and O–H groups in total. The van der Waals surface area contributed by atoms with Gasteiger partial charge >= 0.3 is 7.12 Å². The molecule has 1 aromatic rings. The number of pyridine rings is 1. The van der Waals surface area contributed by atoms with Crippen molar-refractivity contribution in [3.63, 3.8) is 0 Å². The van der Waals surface area contributed by atoms with Crippen LogP contribution in [-0.2, 0) is 9.31 Å². The Morgan fingerprint density at radius 3 is 2.30 bits per heavy atom. The molecule has 20 heavy (non-hydrogen) atoms. The van der Waals surface area contributed by atoms with E-state index in [1.54, 1.807) is 6.20 Å². The highest BCUT2D eigenvalue weighted by molar-refractivity contribution is 6.62. The minimum absolute atomic E-state index is 0.325. The molecule has 0 spiro atoms. The number of aromatic nitrogens is 1. The van der Waals surface area contributed by atoms with Crippen molar-refractivity contribution in [1.82, 2.24) is 4.98 Å². The summed E-state index contributed by atoms with van der Waals surface area (Å²) in [7, 11) is -0.358. The van der Waals surface area contributed by atoms with Crippen molar-refractivity contribution in [3.05, 3.63) is 23.0 Å². The predicted octanol–water partition coefficient (Wildman–Crippen LogP) is 3.30. The highest BCUT2D eigenvalue weighted by atomic mass is 35.5. The Morgan fingerprint density at radius 2 is 1.80 bits per heavy atom. The average molecular weight is 294 g/mol. The quantitative estimate of drug-likeness (QED) is 0.619. The molecule has 0 amide bonds. The Labute approximate surface area is 126 Å². The molecular weight excluding hydrogens is 272 g/mol. The van der Waals surface area contributed by atoms with Gasteiger partial charge in [-0.3, -0.25) is 0 Å². The summed E-state index contributed by atoms with van der Waals surface area (Å²) in [6, 6.07) is 2.11. The SMILES string of the molecule is CC1(C)OB(c2cnc(Cl)c(C3CCC3)c2)OC1(C)C. The number of rotatable bonds is 2. The molecule has 108 valence electrons. The average Bonchev–Trinajstić information content (AvgIpc) is 2.49. The molecule has 1 saturated carbocycles. The highest BCUT2D eigenvalue weighted by Gasteiger charge is 2.52. The Kier molecular flexibility index (Phi) is 3.39. The van der Waals surface area contributed by atoms with Gasteiger partial charge in [-0.25, -0.2) is 4.98 Å². The third kappa shape index (κ3) is 2.28. The first-order chi connectivity index (χ1) is 9.30. The molecular formula is C15H21BClNO2. The summed E-state index contributed by atoms with van der Waals surface area (Å²) in [6.07, 6.45) is 5.46. The van der Waals surface area contributed by atoms with E-state index in [9.17, 15) is 0 Å². The molecule has 0 bridgehead atoms. The zero-order valence-electron chi connectivity index (χ0n) is 12.6. The smallest absolute Gasteiger partial charge is 0.399 e. The van der Waals surface area contributed by atoms with Crippen molar-refractivity contribution >= 4 is 24.2 Å². The summed E-state index contributed by atoms with van der Waals surface area (Å²) in [5, 5.41) is 0.620. The van der Waals surface area contributed by atoms with Gasteiger partial charge in [-0.2, -0.15) is 0 Å². The van der Waals surface area contributed by atoms with Gasteiger partial charge in [0.15, 0.2) is 0 Å². The van der Waals surface area contributed by atoms with Gasteiger partial charge in [-0.1, -0.05) is 24.1 Å². The van der Waals surface area contributed by atoms with Crippen molar-refractivity contribution in [2.45, 2.75) is 64.1 Å². The lowest BCUT2D eigenvalue weighted by Gasteiger charge is -2.32. The zero-order chi connectivity index (χ0) is 14.5. The predicted molar refractivity (Wildman–Crippen MR) is 81.6 cm³/mol. The molecule has 2 aliphatic rings. The van der Waals surface area contributed by atoms with Crippen LogP contribution in [0.1, 0.15) is 58.4 Å². The van der Waals surface area contributed by atoms with Gasteiger partial charge in [0.2, 0.25) is 0 Å². The molecule has 0 atom stereocenters. The van der Waals surface area contributed by atoms with E-state index >= 15 is 0 Å². The topological polar surface area (TPSA) is 31.4 Å². The van der Waals surface area contributed by atoms with Crippen molar-refractivity contribution in [2.75, 3.05) is 0 Å². The van der Waals surface area contributed by atoms with Crippen molar-refractivity contribution in [2.24, 2.45) is 0 Å². The third-order valence-corrected chi connectivity index (χ3v) is 5.27. The van der Waals surface area contributed by atoms with Crippen LogP contribution in [0.5, 0.6) is 0 Å². The third-order valence-electron chi connectivity index (χ3n) is 4.96. The van der Waals surface area contributed by atoms with Crippen LogP contribution in [0.15, 0.2) is 12.3 Å². The Morgan fingerprint density at radius 1 is 1.20 bits per heavy atom. The normalized spacial score (nSPS) is 24.8. The van der Waals surface area contributed by atoms with Gasteiger partial charge in [0.25, 0.3) is 0 Å². The summed E-state index contributed by atoms with van der Waals surface area (Å²) in [6.45, 7) is 8.23. The Hall–Kier alpha value is -0.575. The maximum absolute atomic E-state index is 6.23. The lowest BCUT2D eigenvalue weighted by molar-refractivity contribution is 0.00578. The molecule has 3 rings (SSSR count). The van der Waals surface area contributed by atoms with Crippen LogP contribution in [0.3, 0.4) is 0 Å². The van der Waals surface area contributed by atoms with Gasteiger partial charge in [-0.05, 0) is 52.0 Å². The molecule has 2 fully saturated rings. The minimum atomic E-state index is -0.358. The lowest BCUT2D eigenvalue weighted by atomic mass is 9.75. The van der Waals surface area contributed by atoms with Crippen LogP contribution in [-0.4, -0.2) is 23.3 Å². The van der Waals surface area contributed by atoms with E-state index in [-0.39, 0.29) is 18.3 Å². The summed E-state index contributed by atoms with van der Waals surface area (Å²) >= 11 is 6.23. The van der Waals surface area contributed by atoms with E-state index in [0.717, 1.165) is 11.0 Å². The fraction of sp³-hybridized carbons (Fsp3) is 0.667. The minimum Gasteiger partial charge on any atom is -0.399 e. The highest BCUT2D eigenvalue weighted by Crippen LogP contribution is 2.40. The summed E-state index contributed by atoms with van der Waals surface area (Å²) in [5.41, 5.74) is 1.46. The molecule has 0 aromatic carbocycles. The molecule has 1 aromatic heterocycles. The molecule has 0 unspecified atom stereocenters. The number of hydrogen-bond donors (Lipinski definition) is 0. The molecule has 0 radical (unpaired) electrons. The Bertz CT molecular complexity index is 513. The number of halogens is 1. The summed E-state index contributed by atoms with van der Waals surface area (Å²) in [4.78, 5) is 4.33. The van der Waals surface area contributed by atoms with Crippen molar-refractivity contribution < 1.29 is 9.31 Å². The molecule has 1 saturated heterocycles. The molecule has 1 aliphatic heterocycles. The standard InChI is InChI=1S/C15H21BClNO2/c1-14(2)15(3,4)20-16(19-14)11-8-12(10-6-5-7-10)13(17)18-9-11/h8-10H,5-7H2,1-4H3. The largest absolute Gasteiger partial charge is 0.496 e. The first-order valence-corrected chi connectivity index (χ1v) is 7.69. The zero-order valence-corrected chi connectivity index (χ0v) is 13.3. The maximum atomic E-state index is 6.23. The van der Waals surface area contributed by atoms with Crippen LogP contribution in [0.2, 0.25) is 5.15 Å². The van der Waals surface area contributed by atoms with E-state index in [0.29, 0.717) is 11.1 Å². The molecule has 2 heterocycles. The number of hydrogen-bond acceptors (Lipinski definition) is 3. The second kappa shape index (κ2) is 4.72. The summed E-state index contributed by atoms with van der Waals surface area (Å²) < 4.78 is 12.1. The first kappa shape index (κ1) is 14.4. The van der Waals surface area contributed by atoms with Gasteiger partial charge in [0, 0.05) is 11.7 Å². The molecule has 3 nitrogen and oxygen atoms in total. The fourth-order valence-electron chi connectivity index (χ4n) is 2.60. The summed E-state index contributed by atoms with van der Waals surface area (Å²) in [5.74, 6) is 0.553. The van der Waals surface area contributed by atoms with Crippen LogP contribution in [0, 0.1) is 0 Å².